The maximum absolute atomic E-state index is 13.3. The summed E-state index contributed by atoms with van der Waals surface area (Å²) in [5, 5.41) is 0.783. The van der Waals surface area contributed by atoms with Crippen LogP contribution in [0, 0.1) is 19.7 Å². The summed E-state index contributed by atoms with van der Waals surface area (Å²) >= 11 is 6.23. The van der Waals surface area contributed by atoms with Gasteiger partial charge >= 0.3 is 0 Å². The molecule has 0 atom stereocenters. The second-order valence-corrected chi connectivity index (χ2v) is 7.53. The molecular weight excluding hydrogens is 387 g/mol. The lowest BCUT2D eigenvalue weighted by Gasteiger charge is -2.12. The van der Waals surface area contributed by atoms with Crippen molar-refractivity contribution in [3.05, 3.63) is 82.6 Å². The summed E-state index contributed by atoms with van der Waals surface area (Å²) in [7, 11) is 0. The number of rotatable bonds is 6. The Bertz CT molecular complexity index is 1130. The van der Waals surface area contributed by atoms with Gasteiger partial charge in [-0.1, -0.05) is 23.7 Å². The van der Waals surface area contributed by atoms with E-state index >= 15 is 0 Å². The lowest BCUT2D eigenvalue weighted by atomic mass is 10.1. The van der Waals surface area contributed by atoms with Gasteiger partial charge in [-0.3, -0.25) is 0 Å². The van der Waals surface area contributed by atoms with Gasteiger partial charge in [-0.05, 0) is 79.9 Å². The quantitative estimate of drug-likeness (QED) is 0.337. The highest BCUT2D eigenvalue weighted by atomic mass is 35.5. The molecule has 3 nitrogen and oxygen atoms in total. The zero-order chi connectivity index (χ0) is 20.4. The third-order valence-electron chi connectivity index (χ3n) is 4.96. The number of nitrogens with zero attached hydrogens (tertiary/aromatic N) is 2. The number of para-hydroxylation sites is 2. The fourth-order valence-electron chi connectivity index (χ4n) is 3.52. The molecule has 0 unspecified atom stereocenters. The molecule has 0 saturated heterocycles. The molecule has 4 rings (SSSR count). The highest BCUT2D eigenvalue weighted by molar-refractivity contribution is 6.32. The van der Waals surface area contributed by atoms with E-state index < -0.39 is 0 Å². The molecule has 0 saturated carbocycles. The average molecular weight is 409 g/mol. The van der Waals surface area contributed by atoms with Crippen molar-refractivity contribution in [3.63, 3.8) is 0 Å². The fourth-order valence-corrected chi connectivity index (χ4v) is 3.63. The Labute approximate surface area is 174 Å². The van der Waals surface area contributed by atoms with Crippen LogP contribution in [0.2, 0.25) is 5.02 Å². The summed E-state index contributed by atoms with van der Waals surface area (Å²) < 4.78 is 21.5. The molecule has 0 aliphatic carbocycles. The molecule has 0 aliphatic rings. The van der Waals surface area contributed by atoms with Crippen LogP contribution in [0.4, 0.5) is 4.39 Å². The highest BCUT2D eigenvalue weighted by Crippen LogP contribution is 2.27. The van der Waals surface area contributed by atoms with Crippen LogP contribution in [0.15, 0.2) is 60.7 Å². The Hall–Kier alpha value is -2.85. The van der Waals surface area contributed by atoms with Gasteiger partial charge in [0, 0.05) is 17.1 Å². The van der Waals surface area contributed by atoms with Gasteiger partial charge in [0.15, 0.2) is 0 Å². The van der Waals surface area contributed by atoms with E-state index in [9.17, 15) is 4.39 Å². The molecule has 0 radical (unpaired) electrons. The summed E-state index contributed by atoms with van der Waals surface area (Å²) in [5.74, 6) is 1.42. The Morgan fingerprint density at radius 1 is 1.00 bits per heavy atom. The third-order valence-corrected chi connectivity index (χ3v) is 5.56. The lowest BCUT2D eigenvalue weighted by Crippen LogP contribution is -2.06. The molecule has 148 valence electrons. The molecule has 0 amide bonds. The third kappa shape index (κ3) is 4.13. The lowest BCUT2D eigenvalue weighted by molar-refractivity contribution is 0.302. The van der Waals surface area contributed by atoms with Crippen molar-refractivity contribution >= 4 is 22.6 Å². The molecule has 29 heavy (non-hydrogen) atoms. The molecule has 1 aromatic heterocycles. The standard InChI is InChI=1S/C24H22ClFN2O/c1-16-14-20(15-17(2)23(16)25)29-13-5-12-28-22-7-4-3-6-21(22)27-24(28)18-8-10-19(26)11-9-18/h3-4,6-11,14-15H,5,12-13H2,1-2H3. The molecular formula is C24H22ClFN2O. The summed E-state index contributed by atoms with van der Waals surface area (Å²) in [6.45, 7) is 5.29. The van der Waals surface area contributed by atoms with Crippen molar-refractivity contribution in [3.8, 4) is 17.1 Å². The minimum Gasteiger partial charge on any atom is -0.494 e. The van der Waals surface area contributed by atoms with Crippen molar-refractivity contribution < 1.29 is 9.13 Å². The Morgan fingerprint density at radius 2 is 1.69 bits per heavy atom. The van der Waals surface area contributed by atoms with Gasteiger partial charge in [-0.25, -0.2) is 9.37 Å². The Balaban J connectivity index is 1.53. The number of hydrogen-bond donors (Lipinski definition) is 0. The van der Waals surface area contributed by atoms with E-state index in [1.54, 1.807) is 12.1 Å². The van der Waals surface area contributed by atoms with Gasteiger partial charge in [-0.15, -0.1) is 0 Å². The van der Waals surface area contributed by atoms with E-state index in [-0.39, 0.29) is 5.82 Å². The number of fused-ring (bicyclic) bond motifs is 1. The van der Waals surface area contributed by atoms with Crippen LogP contribution in [-0.4, -0.2) is 16.2 Å². The number of imidazole rings is 1. The van der Waals surface area contributed by atoms with E-state index in [1.807, 2.05) is 44.2 Å². The Kier molecular flexibility index (Phi) is 5.54. The smallest absolute Gasteiger partial charge is 0.141 e. The molecule has 0 fully saturated rings. The zero-order valence-corrected chi connectivity index (χ0v) is 17.2. The second kappa shape index (κ2) is 8.26. The molecule has 3 aromatic carbocycles. The van der Waals surface area contributed by atoms with Crippen LogP contribution in [0.3, 0.4) is 0 Å². The van der Waals surface area contributed by atoms with Crippen LogP contribution in [-0.2, 0) is 6.54 Å². The number of aromatic nitrogens is 2. The summed E-state index contributed by atoms with van der Waals surface area (Å²) in [4.78, 5) is 4.77. The minimum atomic E-state index is -0.252. The topological polar surface area (TPSA) is 27.1 Å². The maximum atomic E-state index is 13.3. The molecule has 1 heterocycles. The van der Waals surface area contributed by atoms with Crippen LogP contribution in [0.1, 0.15) is 17.5 Å². The van der Waals surface area contributed by atoms with Crippen molar-refractivity contribution in [2.45, 2.75) is 26.8 Å². The van der Waals surface area contributed by atoms with Gasteiger partial charge in [0.2, 0.25) is 0 Å². The minimum absolute atomic E-state index is 0.252. The second-order valence-electron chi connectivity index (χ2n) is 7.16. The first-order valence-electron chi connectivity index (χ1n) is 9.63. The van der Waals surface area contributed by atoms with Crippen LogP contribution >= 0.6 is 11.6 Å². The number of hydrogen-bond acceptors (Lipinski definition) is 2. The molecule has 0 spiro atoms. The normalized spacial score (nSPS) is 11.2. The van der Waals surface area contributed by atoms with Crippen LogP contribution in [0.5, 0.6) is 5.75 Å². The average Bonchev–Trinajstić information content (AvgIpc) is 3.08. The van der Waals surface area contributed by atoms with Crippen LogP contribution < -0.4 is 4.74 Å². The maximum Gasteiger partial charge on any atom is 0.141 e. The first kappa shape index (κ1) is 19.5. The first-order chi connectivity index (χ1) is 14.0. The molecule has 0 aliphatic heterocycles. The first-order valence-corrected chi connectivity index (χ1v) is 10.0. The van der Waals surface area contributed by atoms with Crippen LogP contribution in [0.25, 0.3) is 22.4 Å². The predicted octanol–water partition coefficient (Wildman–Crippen LogP) is 6.58. The highest BCUT2D eigenvalue weighted by Gasteiger charge is 2.12. The molecule has 0 N–H and O–H groups in total. The zero-order valence-electron chi connectivity index (χ0n) is 16.5. The van der Waals surface area contributed by atoms with Crippen molar-refractivity contribution in [2.24, 2.45) is 0 Å². The number of aryl methyl sites for hydroxylation is 3. The van der Waals surface area contributed by atoms with Gasteiger partial charge < -0.3 is 9.30 Å². The summed E-state index contributed by atoms with van der Waals surface area (Å²) in [6.07, 6.45) is 0.815. The SMILES string of the molecule is Cc1cc(OCCCn2c(-c3ccc(F)cc3)nc3ccccc32)cc(C)c1Cl. The largest absolute Gasteiger partial charge is 0.494 e. The van der Waals surface area contributed by atoms with E-state index in [0.717, 1.165) is 57.3 Å². The van der Waals surface area contributed by atoms with Crippen molar-refractivity contribution in [1.29, 1.82) is 0 Å². The van der Waals surface area contributed by atoms with Gasteiger partial charge in [-0.2, -0.15) is 0 Å². The molecule has 4 aromatic rings. The number of halogens is 2. The van der Waals surface area contributed by atoms with E-state index in [4.69, 9.17) is 21.3 Å². The number of benzene rings is 3. The number of ether oxygens (including phenoxy) is 1. The van der Waals surface area contributed by atoms with Gasteiger partial charge in [0.05, 0.1) is 17.6 Å². The van der Waals surface area contributed by atoms with E-state index in [2.05, 4.69) is 10.6 Å². The monoisotopic (exact) mass is 408 g/mol. The molecule has 5 heteroatoms. The van der Waals surface area contributed by atoms with Crippen molar-refractivity contribution in [1.82, 2.24) is 9.55 Å². The van der Waals surface area contributed by atoms with E-state index in [1.165, 1.54) is 12.1 Å². The molecule has 0 bridgehead atoms. The van der Waals surface area contributed by atoms with Gasteiger partial charge in [0.25, 0.3) is 0 Å². The summed E-state index contributed by atoms with van der Waals surface area (Å²) in [5.41, 5.74) is 4.91. The van der Waals surface area contributed by atoms with E-state index in [0.29, 0.717) is 6.61 Å². The van der Waals surface area contributed by atoms with Gasteiger partial charge in [0.1, 0.15) is 17.4 Å². The fraction of sp³-hybridized carbons (Fsp3) is 0.208. The predicted molar refractivity (Wildman–Crippen MR) is 116 cm³/mol. The summed E-state index contributed by atoms with van der Waals surface area (Å²) in [6, 6.07) is 18.4. The Morgan fingerprint density at radius 3 is 2.41 bits per heavy atom. The van der Waals surface area contributed by atoms with Crippen molar-refractivity contribution in [2.75, 3.05) is 6.61 Å².